The number of nitrogens with one attached hydrogen (secondary N) is 1. The molecule has 1 aliphatic rings. The molecule has 1 fully saturated rings. The Morgan fingerprint density at radius 1 is 1.12 bits per heavy atom. The molecule has 1 unspecified atom stereocenters. The molecule has 5 nitrogen and oxygen atoms in total. The summed E-state index contributed by atoms with van der Waals surface area (Å²) in [5, 5.41) is 3.02. The molecule has 0 saturated carbocycles. The highest BCUT2D eigenvalue weighted by Gasteiger charge is 2.25. The molecule has 0 spiro atoms. The Labute approximate surface area is 143 Å². The SMILES string of the molecule is CCN1CCN(C(CNC(=O)c2ccco2)c2ccccc2)CC1. The minimum atomic E-state index is -0.159. The van der Waals surface area contributed by atoms with Gasteiger partial charge in [0.2, 0.25) is 0 Å². The molecule has 1 aromatic carbocycles. The van der Waals surface area contributed by atoms with E-state index in [0.717, 1.165) is 32.7 Å². The van der Waals surface area contributed by atoms with Crippen LogP contribution in [0.25, 0.3) is 0 Å². The number of piperazine rings is 1. The van der Waals surface area contributed by atoms with E-state index in [-0.39, 0.29) is 11.9 Å². The van der Waals surface area contributed by atoms with Gasteiger partial charge in [0.05, 0.1) is 12.3 Å². The number of benzene rings is 1. The van der Waals surface area contributed by atoms with Crippen LogP contribution in [-0.2, 0) is 0 Å². The van der Waals surface area contributed by atoms with Crippen molar-refractivity contribution < 1.29 is 9.21 Å². The number of rotatable bonds is 6. The first-order valence-corrected chi connectivity index (χ1v) is 8.61. The van der Waals surface area contributed by atoms with Gasteiger partial charge in [-0.3, -0.25) is 9.69 Å². The highest BCUT2D eigenvalue weighted by Crippen LogP contribution is 2.21. The first-order valence-electron chi connectivity index (χ1n) is 8.61. The van der Waals surface area contributed by atoms with Crippen molar-refractivity contribution in [3.05, 3.63) is 60.1 Å². The van der Waals surface area contributed by atoms with Crippen molar-refractivity contribution in [2.75, 3.05) is 39.3 Å². The zero-order valence-corrected chi connectivity index (χ0v) is 14.1. The topological polar surface area (TPSA) is 48.7 Å². The van der Waals surface area contributed by atoms with Crippen molar-refractivity contribution in [1.29, 1.82) is 0 Å². The number of amides is 1. The van der Waals surface area contributed by atoms with Crippen LogP contribution in [-0.4, -0.2) is 55.0 Å². The van der Waals surface area contributed by atoms with E-state index in [9.17, 15) is 4.79 Å². The molecule has 2 aromatic rings. The van der Waals surface area contributed by atoms with Gasteiger partial charge in [-0.1, -0.05) is 37.3 Å². The van der Waals surface area contributed by atoms with Crippen LogP contribution in [0.2, 0.25) is 0 Å². The van der Waals surface area contributed by atoms with Gasteiger partial charge in [0.1, 0.15) is 0 Å². The van der Waals surface area contributed by atoms with Gasteiger partial charge < -0.3 is 14.6 Å². The molecular formula is C19H25N3O2. The quantitative estimate of drug-likeness (QED) is 0.885. The van der Waals surface area contributed by atoms with Crippen LogP contribution >= 0.6 is 0 Å². The number of hydrogen-bond donors (Lipinski definition) is 1. The van der Waals surface area contributed by atoms with Gasteiger partial charge in [-0.05, 0) is 24.2 Å². The maximum atomic E-state index is 12.2. The number of likely N-dealkylation sites (N-methyl/N-ethyl adjacent to an activating group) is 1. The molecule has 1 atom stereocenters. The summed E-state index contributed by atoms with van der Waals surface area (Å²) >= 11 is 0. The van der Waals surface area contributed by atoms with Gasteiger partial charge in [0, 0.05) is 32.7 Å². The second-order valence-corrected chi connectivity index (χ2v) is 6.08. The van der Waals surface area contributed by atoms with E-state index in [1.54, 1.807) is 12.1 Å². The molecule has 5 heteroatoms. The van der Waals surface area contributed by atoms with E-state index in [0.29, 0.717) is 12.3 Å². The summed E-state index contributed by atoms with van der Waals surface area (Å²) in [5.41, 5.74) is 1.24. The van der Waals surface area contributed by atoms with Crippen LogP contribution < -0.4 is 5.32 Å². The molecule has 128 valence electrons. The molecule has 0 bridgehead atoms. The summed E-state index contributed by atoms with van der Waals surface area (Å²) in [7, 11) is 0. The second kappa shape index (κ2) is 8.13. The monoisotopic (exact) mass is 327 g/mol. The molecule has 1 aliphatic heterocycles. The summed E-state index contributed by atoms with van der Waals surface area (Å²) < 4.78 is 5.18. The molecule has 1 aromatic heterocycles. The largest absolute Gasteiger partial charge is 0.459 e. The van der Waals surface area contributed by atoms with Gasteiger partial charge in [0.25, 0.3) is 5.91 Å². The third-order valence-corrected chi connectivity index (χ3v) is 4.68. The smallest absolute Gasteiger partial charge is 0.287 e. The van der Waals surface area contributed by atoms with Crippen LogP contribution in [0.3, 0.4) is 0 Å². The Hall–Kier alpha value is -2.11. The molecule has 3 rings (SSSR count). The first-order chi connectivity index (χ1) is 11.8. The number of nitrogens with zero attached hydrogens (tertiary/aromatic N) is 2. The predicted octanol–water partition coefficient (Wildman–Crippen LogP) is 2.39. The fraction of sp³-hybridized carbons (Fsp3) is 0.421. The highest BCUT2D eigenvalue weighted by atomic mass is 16.3. The Bertz CT molecular complexity index is 619. The highest BCUT2D eigenvalue weighted by molar-refractivity contribution is 5.91. The maximum absolute atomic E-state index is 12.2. The third-order valence-electron chi connectivity index (χ3n) is 4.68. The van der Waals surface area contributed by atoms with Crippen molar-refractivity contribution in [2.45, 2.75) is 13.0 Å². The summed E-state index contributed by atoms with van der Waals surface area (Å²) in [6.45, 7) is 8.06. The average Bonchev–Trinajstić information content (AvgIpc) is 3.18. The molecule has 0 aliphatic carbocycles. The van der Waals surface area contributed by atoms with Crippen molar-refractivity contribution in [2.24, 2.45) is 0 Å². The van der Waals surface area contributed by atoms with Crippen molar-refractivity contribution in [3.8, 4) is 0 Å². The lowest BCUT2D eigenvalue weighted by atomic mass is 10.0. The fourth-order valence-electron chi connectivity index (χ4n) is 3.21. The maximum Gasteiger partial charge on any atom is 0.287 e. The molecule has 1 saturated heterocycles. The first kappa shape index (κ1) is 16.7. The van der Waals surface area contributed by atoms with Crippen LogP contribution in [0, 0.1) is 0 Å². The van der Waals surface area contributed by atoms with Gasteiger partial charge in [-0.15, -0.1) is 0 Å². The normalized spacial score (nSPS) is 17.5. The van der Waals surface area contributed by atoms with Crippen LogP contribution in [0.4, 0.5) is 0 Å². The third kappa shape index (κ3) is 4.04. The van der Waals surface area contributed by atoms with Gasteiger partial charge in [0.15, 0.2) is 5.76 Å². The summed E-state index contributed by atoms with van der Waals surface area (Å²) in [4.78, 5) is 17.1. The van der Waals surface area contributed by atoms with E-state index < -0.39 is 0 Å². The molecule has 24 heavy (non-hydrogen) atoms. The Morgan fingerprint density at radius 3 is 2.50 bits per heavy atom. The number of carbonyl (C=O) groups is 1. The molecular weight excluding hydrogens is 302 g/mol. The second-order valence-electron chi connectivity index (χ2n) is 6.08. The summed E-state index contributed by atoms with van der Waals surface area (Å²) in [5.74, 6) is 0.200. The number of hydrogen-bond acceptors (Lipinski definition) is 4. The van der Waals surface area contributed by atoms with E-state index in [1.807, 2.05) is 6.07 Å². The fourth-order valence-corrected chi connectivity index (χ4v) is 3.21. The lowest BCUT2D eigenvalue weighted by Gasteiger charge is -2.39. The van der Waals surface area contributed by atoms with Crippen molar-refractivity contribution in [1.82, 2.24) is 15.1 Å². The number of carbonyl (C=O) groups excluding carboxylic acids is 1. The summed E-state index contributed by atoms with van der Waals surface area (Å²) in [6, 6.07) is 14.0. The molecule has 1 amide bonds. The summed E-state index contributed by atoms with van der Waals surface area (Å²) in [6.07, 6.45) is 1.52. The Kier molecular flexibility index (Phi) is 5.67. The van der Waals surface area contributed by atoms with E-state index in [1.165, 1.54) is 11.8 Å². The minimum absolute atomic E-state index is 0.159. The molecule has 2 heterocycles. The Balaban J connectivity index is 1.67. The average molecular weight is 327 g/mol. The van der Waals surface area contributed by atoms with Crippen molar-refractivity contribution >= 4 is 5.91 Å². The predicted molar refractivity (Wildman–Crippen MR) is 93.9 cm³/mol. The van der Waals surface area contributed by atoms with Crippen LogP contribution in [0.1, 0.15) is 29.1 Å². The number of furan rings is 1. The standard InChI is InChI=1S/C19H25N3O2/c1-2-21-10-12-22(13-11-21)17(16-7-4-3-5-8-16)15-20-19(23)18-9-6-14-24-18/h3-9,14,17H,2,10-13,15H2,1H3,(H,20,23). The van der Waals surface area contributed by atoms with Crippen molar-refractivity contribution in [3.63, 3.8) is 0 Å². The van der Waals surface area contributed by atoms with E-state index in [4.69, 9.17) is 4.42 Å². The van der Waals surface area contributed by atoms with E-state index >= 15 is 0 Å². The van der Waals surface area contributed by atoms with E-state index in [2.05, 4.69) is 46.3 Å². The van der Waals surface area contributed by atoms with Gasteiger partial charge in [-0.2, -0.15) is 0 Å². The Morgan fingerprint density at radius 2 is 1.88 bits per heavy atom. The zero-order chi connectivity index (χ0) is 16.8. The zero-order valence-electron chi connectivity index (χ0n) is 14.1. The van der Waals surface area contributed by atoms with Gasteiger partial charge >= 0.3 is 0 Å². The molecule has 1 N–H and O–H groups in total. The molecule has 0 radical (unpaired) electrons. The van der Waals surface area contributed by atoms with Crippen LogP contribution in [0.5, 0.6) is 0 Å². The lowest BCUT2D eigenvalue weighted by molar-refractivity contribution is 0.0836. The lowest BCUT2D eigenvalue weighted by Crippen LogP contribution is -2.49. The van der Waals surface area contributed by atoms with Gasteiger partial charge in [-0.25, -0.2) is 0 Å². The minimum Gasteiger partial charge on any atom is -0.459 e. The van der Waals surface area contributed by atoms with Crippen LogP contribution in [0.15, 0.2) is 53.1 Å².